The molecule has 0 aromatic heterocycles. The lowest BCUT2D eigenvalue weighted by molar-refractivity contribution is -0.121. The summed E-state index contributed by atoms with van der Waals surface area (Å²) in [4.78, 5) is 26.7. The van der Waals surface area contributed by atoms with Crippen molar-refractivity contribution in [2.75, 3.05) is 10.2 Å². The molecule has 1 saturated heterocycles. The van der Waals surface area contributed by atoms with E-state index in [0.29, 0.717) is 11.4 Å². The first-order valence-electron chi connectivity index (χ1n) is 9.65. The first kappa shape index (κ1) is 20.2. The third-order valence-corrected chi connectivity index (χ3v) is 5.51. The fourth-order valence-corrected chi connectivity index (χ4v) is 3.78. The lowest BCUT2D eigenvalue weighted by Gasteiger charge is -2.18. The Labute approximate surface area is 183 Å². The summed E-state index contributed by atoms with van der Waals surface area (Å²) in [6, 6.07) is 20.0. The number of nitrogens with zero attached hydrogens (tertiary/aromatic N) is 1. The van der Waals surface area contributed by atoms with E-state index in [2.05, 4.69) is 21.2 Å². The molecule has 4 rings (SSSR count). The predicted molar refractivity (Wildman–Crippen MR) is 121 cm³/mol. The van der Waals surface area contributed by atoms with Crippen molar-refractivity contribution in [1.82, 2.24) is 0 Å². The second kappa shape index (κ2) is 8.32. The molecular formula is C24H21BrN2O3. The van der Waals surface area contributed by atoms with Crippen LogP contribution in [0, 0.1) is 13.8 Å². The van der Waals surface area contributed by atoms with Gasteiger partial charge in [-0.25, -0.2) is 4.90 Å². The molecular weight excluding hydrogens is 444 g/mol. The summed E-state index contributed by atoms with van der Waals surface area (Å²) >= 11 is 3.40. The highest BCUT2D eigenvalue weighted by atomic mass is 79.9. The van der Waals surface area contributed by atoms with Crippen LogP contribution < -0.4 is 15.0 Å². The third-order valence-electron chi connectivity index (χ3n) is 4.98. The SMILES string of the molecule is Cc1ccc(N2C(=O)CC(Nc3ccc(Oc4ccc(Br)cc4)cc3)C2=O)c(C)c1. The van der Waals surface area contributed by atoms with Crippen LogP contribution >= 0.6 is 15.9 Å². The third kappa shape index (κ3) is 4.24. The van der Waals surface area contributed by atoms with Crippen LogP contribution in [0.2, 0.25) is 0 Å². The van der Waals surface area contributed by atoms with E-state index < -0.39 is 6.04 Å². The number of ether oxygens (including phenoxy) is 1. The Hall–Kier alpha value is -3.12. The quantitative estimate of drug-likeness (QED) is 0.499. The first-order chi connectivity index (χ1) is 14.4. The molecule has 1 N–H and O–H groups in total. The summed E-state index contributed by atoms with van der Waals surface area (Å²) in [6.45, 7) is 3.90. The highest BCUT2D eigenvalue weighted by molar-refractivity contribution is 9.10. The molecule has 6 heteroatoms. The van der Waals surface area contributed by atoms with Gasteiger partial charge in [-0.1, -0.05) is 33.6 Å². The van der Waals surface area contributed by atoms with E-state index in [0.717, 1.165) is 27.0 Å². The van der Waals surface area contributed by atoms with E-state index in [4.69, 9.17) is 4.74 Å². The van der Waals surface area contributed by atoms with Crippen molar-refractivity contribution in [1.29, 1.82) is 0 Å². The fourth-order valence-electron chi connectivity index (χ4n) is 3.51. The Morgan fingerprint density at radius 1 is 0.933 bits per heavy atom. The van der Waals surface area contributed by atoms with Crippen LogP contribution in [0.1, 0.15) is 17.5 Å². The number of imide groups is 1. The summed E-state index contributed by atoms with van der Waals surface area (Å²) in [6.07, 6.45) is 0.128. The van der Waals surface area contributed by atoms with Crippen LogP contribution in [0.3, 0.4) is 0 Å². The molecule has 0 aliphatic carbocycles. The van der Waals surface area contributed by atoms with Gasteiger partial charge in [0.1, 0.15) is 17.5 Å². The number of amides is 2. The fraction of sp³-hybridized carbons (Fsp3) is 0.167. The van der Waals surface area contributed by atoms with Crippen LogP contribution in [-0.2, 0) is 9.59 Å². The number of benzene rings is 3. The Morgan fingerprint density at radius 3 is 2.20 bits per heavy atom. The van der Waals surface area contributed by atoms with E-state index in [1.165, 1.54) is 4.90 Å². The molecule has 0 radical (unpaired) electrons. The average Bonchev–Trinajstić information content (AvgIpc) is 2.99. The smallest absolute Gasteiger partial charge is 0.256 e. The maximum absolute atomic E-state index is 12.9. The van der Waals surface area contributed by atoms with Gasteiger partial charge in [-0.05, 0) is 74.0 Å². The Morgan fingerprint density at radius 2 is 1.57 bits per heavy atom. The molecule has 0 bridgehead atoms. The monoisotopic (exact) mass is 464 g/mol. The van der Waals surface area contributed by atoms with Crippen LogP contribution in [0.5, 0.6) is 11.5 Å². The van der Waals surface area contributed by atoms with Gasteiger partial charge in [0.25, 0.3) is 5.91 Å². The molecule has 30 heavy (non-hydrogen) atoms. The van der Waals surface area contributed by atoms with Crippen molar-refractivity contribution < 1.29 is 14.3 Å². The molecule has 3 aromatic carbocycles. The number of carbonyl (C=O) groups excluding carboxylic acids is 2. The maximum Gasteiger partial charge on any atom is 0.256 e. The zero-order chi connectivity index (χ0) is 21.3. The van der Waals surface area contributed by atoms with Crippen LogP contribution in [0.4, 0.5) is 11.4 Å². The summed E-state index contributed by atoms with van der Waals surface area (Å²) in [5, 5.41) is 3.18. The number of carbonyl (C=O) groups is 2. The van der Waals surface area contributed by atoms with Gasteiger partial charge in [0.05, 0.1) is 12.1 Å². The molecule has 1 heterocycles. The maximum atomic E-state index is 12.9. The topological polar surface area (TPSA) is 58.6 Å². The number of anilines is 2. The van der Waals surface area contributed by atoms with E-state index >= 15 is 0 Å². The van der Waals surface area contributed by atoms with Crippen molar-refractivity contribution >= 4 is 39.1 Å². The highest BCUT2D eigenvalue weighted by Gasteiger charge is 2.40. The van der Waals surface area contributed by atoms with E-state index in [1.807, 2.05) is 80.6 Å². The summed E-state index contributed by atoms with van der Waals surface area (Å²) < 4.78 is 6.80. The largest absolute Gasteiger partial charge is 0.457 e. The Balaban J connectivity index is 1.44. The standard InChI is InChI=1S/C24H21BrN2O3/c1-15-3-12-22(16(2)13-15)27-23(28)14-21(24(27)29)26-18-6-10-20(11-7-18)30-19-8-4-17(25)5-9-19/h3-13,21,26H,14H2,1-2H3. The van der Waals surface area contributed by atoms with Gasteiger partial charge in [-0.15, -0.1) is 0 Å². The molecule has 5 nitrogen and oxygen atoms in total. The second-order valence-corrected chi connectivity index (χ2v) is 8.25. The molecule has 1 fully saturated rings. The van der Waals surface area contributed by atoms with Gasteiger partial charge in [-0.2, -0.15) is 0 Å². The second-order valence-electron chi connectivity index (χ2n) is 7.34. The van der Waals surface area contributed by atoms with Crippen molar-refractivity contribution in [2.45, 2.75) is 26.3 Å². The average molecular weight is 465 g/mol. The van der Waals surface area contributed by atoms with Crippen LogP contribution in [-0.4, -0.2) is 17.9 Å². The van der Waals surface area contributed by atoms with Crippen molar-refractivity contribution in [3.63, 3.8) is 0 Å². The van der Waals surface area contributed by atoms with Crippen molar-refractivity contribution in [2.24, 2.45) is 0 Å². The predicted octanol–water partition coefficient (Wildman–Crippen LogP) is 5.60. The summed E-state index contributed by atoms with van der Waals surface area (Å²) in [5.74, 6) is 0.995. The molecule has 1 aliphatic rings. The number of halogens is 1. The number of aryl methyl sites for hydroxylation is 2. The molecule has 2 amide bonds. The molecule has 1 unspecified atom stereocenters. The normalized spacial score (nSPS) is 16.1. The summed E-state index contributed by atoms with van der Waals surface area (Å²) in [7, 11) is 0. The van der Waals surface area contributed by atoms with Crippen molar-refractivity contribution in [3.05, 3.63) is 82.3 Å². The first-order valence-corrected chi connectivity index (χ1v) is 10.4. The number of nitrogens with one attached hydrogen (secondary N) is 1. The number of hydrogen-bond acceptors (Lipinski definition) is 4. The molecule has 152 valence electrons. The minimum absolute atomic E-state index is 0.128. The van der Waals surface area contributed by atoms with Crippen LogP contribution in [0.15, 0.2) is 71.2 Å². The van der Waals surface area contributed by atoms with Gasteiger partial charge >= 0.3 is 0 Å². The minimum Gasteiger partial charge on any atom is -0.457 e. The van der Waals surface area contributed by atoms with Gasteiger partial charge in [-0.3, -0.25) is 9.59 Å². The Kier molecular flexibility index (Phi) is 5.59. The summed E-state index contributed by atoms with van der Waals surface area (Å²) in [5.41, 5.74) is 3.41. The van der Waals surface area contributed by atoms with Crippen molar-refractivity contribution in [3.8, 4) is 11.5 Å². The zero-order valence-electron chi connectivity index (χ0n) is 16.7. The van der Waals surface area contributed by atoms with Gasteiger partial charge in [0, 0.05) is 10.2 Å². The number of rotatable bonds is 5. The number of hydrogen-bond donors (Lipinski definition) is 1. The van der Waals surface area contributed by atoms with Gasteiger partial charge in [0.2, 0.25) is 5.91 Å². The van der Waals surface area contributed by atoms with E-state index in [1.54, 1.807) is 0 Å². The lowest BCUT2D eigenvalue weighted by Crippen LogP contribution is -2.35. The molecule has 0 saturated carbocycles. The molecule has 1 aliphatic heterocycles. The molecule has 0 spiro atoms. The van der Waals surface area contributed by atoms with Crippen LogP contribution in [0.25, 0.3) is 0 Å². The molecule has 3 aromatic rings. The van der Waals surface area contributed by atoms with Gasteiger partial charge in [0.15, 0.2) is 0 Å². The zero-order valence-corrected chi connectivity index (χ0v) is 18.3. The Bertz CT molecular complexity index is 1090. The molecule has 1 atom stereocenters. The minimum atomic E-state index is -0.587. The lowest BCUT2D eigenvalue weighted by atomic mass is 10.1. The van der Waals surface area contributed by atoms with E-state index in [9.17, 15) is 9.59 Å². The van der Waals surface area contributed by atoms with E-state index in [-0.39, 0.29) is 18.2 Å². The highest BCUT2D eigenvalue weighted by Crippen LogP contribution is 2.29. The van der Waals surface area contributed by atoms with Gasteiger partial charge < -0.3 is 10.1 Å².